The summed E-state index contributed by atoms with van der Waals surface area (Å²) in [6.45, 7) is 0.469. The Bertz CT molecular complexity index is 2110. The van der Waals surface area contributed by atoms with Gasteiger partial charge in [0.15, 0.2) is 0 Å². The minimum Gasteiger partial charge on any atom is -0.493 e. The van der Waals surface area contributed by atoms with Crippen LogP contribution in [0, 0.1) is 0 Å². The first-order valence-corrected chi connectivity index (χ1v) is 15.5. The first-order chi connectivity index (χ1) is 22.7. The molecule has 0 fully saturated rings. The van der Waals surface area contributed by atoms with Crippen LogP contribution in [0.25, 0.3) is 44.1 Å². The number of carboxylic acid groups (broad SMARTS) is 1. The van der Waals surface area contributed by atoms with Gasteiger partial charge in [-0.15, -0.1) is 0 Å². The number of fused-ring (bicyclic) bond motifs is 2. The van der Waals surface area contributed by atoms with Crippen LogP contribution in [0.15, 0.2) is 121 Å². The summed E-state index contributed by atoms with van der Waals surface area (Å²) in [7, 11) is 0. The van der Waals surface area contributed by atoms with Gasteiger partial charge in [-0.2, -0.15) is 5.10 Å². The molecule has 2 heterocycles. The van der Waals surface area contributed by atoms with Crippen LogP contribution in [-0.2, 0) is 19.3 Å². The van der Waals surface area contributed by atoms with Crippen LogP contribution in [-0.4, -0.2) is 33.1 Å². The largest absolute Gasteiger partial charge is 0.512 e. The third-order valence-corrected chi connectivity index (χ3v) is 8.33. The summed E-state index contributed by atoms with van der Waals surface area (Å²) in [4.78, 5) is 15.1. The van der Waals surface area contributed by atoms with E-state index in [4.69, 9.17) is 14.6 Å². The molecule has 0 atom stereocenters. The lowest BCUT2D eigenvalue weighted by Crippen LogP contribution is -2.06. The van der Waals surface area contributed by atoms with Crippen molar-refractivity contribution in [3.63, 3.8) is 0 Å². The molecular formula is C39H33N3O4. The molecule has 0 bridgehead atoms. The summed E-state index contributed by atoms with van der Waals surface area (Å²) >= 11 is 0. The number of hydrogen-bond acceptors (Lipinski definition) is 4. The molecule has 3 N–H and O–H groups in total. The number of para-hydroxylation sites is 1. The number of nitrogens with one attached hydrogen (secondary N) is 2. The molecule has 5 aromatic carbocycles. The molecule has 0 aliphatic heterocycles. The zero-order valence-electron chi connectivity index (χ0n) is 25.2. The number of rotatable bonds is 11. The summed E-state index contributed by atoms with van der Waals surface area (Å²) in [6.07, 6.45) is 1.47. The van der Waals surface area contributed by atoms with Gasteiger partial charge in [0.05, 0.1) is 12.1 Å². The highest BCUT2D eigenvalue weighted by atomic mass is 16.7. The van der Waals surface area contributed by atoms with Gasteiger partial charge in [-0.1, -0.05) is 115 Å². The van der Waals surface area contributed by atoms with Crippen LogP contribution in [0.5, 0.6) is 11.6 Å². The fourth-order valence-corrected chi connectivity index (χ4v) is 6.20. The summed E-state index contributed by atoms with van der Waals surface area (Å²) in [6, 6.07) is 40.7. The summed E-state index contributed by atoms with van der Waals surface area (Å²) in [5, 5.41) is 20.8. The van der Waals surface area contributed by atoms with Crippen molar-refractivity contribution in [3.05, 3.63) is 138 Å². The van der Waals surface area contributed by atoms with Gasteiger partial charge in [-0.05, 0) is 42.7 Å². The lowest BCUT2D eigenvalue weighted by molar-refractivity contribution is 0.142. The Balaban J connectivity index is 1.23. The molecule has 0 aliphatic rings. The van der Waals surface area contributed by atoms with Crippen LogP contribution < -0.4 is 9.47 Å². The number of ether oxygens (including phenoxy) is 2. The molecule has 46 heavy (non-hydrogen) atoms. The van der Waals surface area contributed by atoms with Crippen LogP contribution >= 0.6 is 0 Å². The lowest BCUT2D eigenvalue weighted by atomic mass is 9.94. The van der Waals surface area contributed by atoms with Gasteiger partial charge in [0.1, 0.15) is 11.4 Å². The summed E-state index contributed by atoms with van der Waals surface area (Å²) in [5.41, 5.74) is 7.62. The number of aromatic amines is 2. The van der Waals surface area contributed by atoms with Crippen molar-refractivity contribution >= 4 is 27.8 Å². The molecule has 0 radical (unpaired) electrons. The monoisotopic (exact) mass is 607 g/mol. The molecule has 0 saturated heterocycles. The van der Waals surface area contributed by atoms with Crippen molar-refractivity contribution in [1.82, 2.24) is 15.2 Å². The maximum absolute atomic E-state index is 11.8. The Kier molecular flexibility index (Phi) is 8.20. The van der Waals surface area contributed by atoms with E-state index >= 15 is 0 Å². The molecule has 228 valence electrons. The molecule has 0 unspecified atom stereocenters. The number of benzene rings is 5. The maximum atomic E-state index is 11.8. The molecule has 7 aromatic rings. The summed E-state index contributed by atoms with van der Waals surface area (Å²) < 4.78 is 11.5. The third kappa shape index (κ3) is 5.95. The molecule has 0 spiro atoms. The molecular weight excluding hydrogens is 574 g/mol. The van der Waals surface area contributed by atoms with Crippen molar-refractivity contribution in [2.75, 3.05) is 6.61 Å². The predicted octanol–water partition coefficient (Wildman–Crippen LogP) is 9.23. The Labute approximate surface area is 266 Å². The van der Waals surface area contributed by atoms with Crippen LogP contribution in [0.2, 0.25) is 0 Å². The standard InChI is InChI=1S/C39H33N3O4/c43-39(44)46-38-31(21-11-25-45-34-22-9-17-27-14-7-8-18-29(27)34)30-19-10-20-32(37(30)40-38)35-33(24-23-26-12-3-1-4-13-26)41-42-36(35)28-15-5-2-6-16-28/h1-10,12-20,22,40H,11,21,23-25H2,(H,41,42)(H,43,44). The molecule has 7 heteroatoms. The zero-order chi connectivity index (χ0) is 31.3. The second-order valence-corrected chi connectivity index (χ2v) is 11.2. The van der Waals surface area contributed by atoms with Gasteiger partial charge in [-0.3, -0.25) is 5.10 Å². The predicted molar refractivity (Wildman–Crippen MR) is 182 cm³/mol. The van der Waals surface area contributed by atoms with Crippen LogP contribution in [0.1, 0.15) is 23.2 Å². The second-order valence-electron chi connectivity index (χ2n) is 11.2. The van der Waals surface area contributed by atoms with E-state index in [-0.39, 0.29) is 5.88 Å². The van der Waals surface area contributed by atoms with Crippen molar-refractivity contribution in [2.24, 2.45) is 0 Å². The first-order valence-electron chi connectivity index (χ1n) is 15.5. The van der Waals surface area contributed by atoms with Gasteiger partial charge in [0.25, 0.3) is 0 Å². The highest BCUT2D eigenvalue weighted by Gasteiger charge is 2.23. The van der Waals surface area contributed by atoms with Crippen molar-refractivity contribution in [3.8, 4) is 34.0 Å². The Morgan fingerprint density at radius 3 is 2.28 bits per heavy atom. The molecule has 0 saturated carbocycles. The van der Waals surface area contributed by atoms with E-state index in [2.05, 4.69) is 70.7 Å². The summed E-state index contributed by atoms with van der Waals surface area (Å²) in [5.74, 6) is 1.06. The smallest absolute Gasteiger partial charge is 0.493 e. The number of nitrogens with zero attached hydrogens (tertiary/aromatic N) is 1. The Morgan fingerprint density at radius 1 is 0.739 bits per heavy atom. The maximum Gasteiger partial charge on any atom is 0.512 e. The van der Waals surface area contributed by atoms with Gasteiger partial charge in [-0.25, -0.2) is 4.79 Å². The lowest BCUT2D eigenvalue weighted by Gasteiger charge is -2.10. The fourth-order valence-electron chi connectivity index (χ4n) is 6.20. The Morgan fingerprint density at radius 2 is 1.46 bits per heavy atom. The number of aryl methyl sites for hydroxylation is 3. The van der Waals surface area contributed by atoms with Crippen molar-refractivity contribution in [2.45, 2.75) is 25.7 Å². The average molecular weight is 608 g/mol. The van der Waals surface area contributed by atoms with E-state index in [1.807, 2.05) is 60.7 Å². The average Bonchev–Trinajstić information content (AvgIpc) is 3.67. The molecule has 0 aliphatic carbocycles. The normalized spacial score (nSPS) is 11.2. The van der Waals surface area contributed by atoms with E-state index in [0.29, 0.717) is 19.4 Å². The van der Waals surface area contributed by atoms with Crippen molar-refractivity contribution < 1.29 is 19.4 Å². The highest BCUT2D eigenvalue weighted by molar-refractivity contribution is 6.01. The zero-order valence-corrected chi connectivity index (χ0v) is 25.2. The van der Waals surface area contributed by atoms with Crippen LogP contribution in [0.3, 0.4) is 0 Å². The van der Waals surface area contributed by atoms with Gasteiger partial charge in [0, 0.05) is 38.7 Å². The van der Waals surface area contributed by atoms with Crippen molar-refractivity contribution in [1.29, 1.82) is 0 Å². The van der Waals surface area contributed by atoms with Gasteiger partial charge >= 0.3 is 6.16 Å². The quantitative estimate of drug-likeness (QED) is 0.101. The van der Waals surface area contributed by atoms with Crippen LogP contribution in [0.4, 0.5) is 4.79 Å². The van der Waals surface area contributed by atoms with Gasteiger partial charge in [0.2, 0.25) is 5.88 Å². The molecule has 7 nitrogen and oxygen atoms in total. The van der Waals surface area contributed by atoms with Gasteiger partial charge < -0.3 is 19.6 Å². The van der Waals surface area contributed by atoms with E-state index in [1.165, 1.54) is 5.56 Å². The number of H-pyrrole nitrogens is 2. The minimum absolute atomic E-state index is 0.232. The number of carbonyl (C=O) groups is 1. The van der Waals surface area contributed by atoms with E-state index in [0.717, 1.165) is 73.9 Å². The first kappa shape index (κ1) is 28.9. The Hall–Kier alpha value is -5.82. The number of hydrogen-bond donors (Lipinski definition) is 3. The molecule has 0 amide bonds. The van der Waals surface area contributed by atoms with E-state index in [1.54, 1.807) is 0 Å². The molecule has 2 aromatic heterocycles. The molecule has 7 rings (SSSR count). The third-order valence-electron chi connectivity index (χ3n) is 8.33. The number of aromatic nitrogens is 3. The fraction of sp³-hybridized carbons (Fsp3) is 0.128. The highest BCUT2D eigenvalue weighted by Crippen LogP contribution is 2.41. The topological polar surface area (TPSA) is 100 Å². The van der Waals surface area contributed by atoms with E-state index < -0.39 is 6.16 Å². The SMILES string of the molecule is O=C(O)Oc1[nH]c2c(-c3c(-c4ccccc4)n[nH]c3CCc3ccccc3)cccc2c1CCCOc1cccc2ccccc12. The second kappa shape index (κ2) is 13.0. The van der Waals surface area contributed by atoms with E-state index in [9.17, 15) is 9.90 Å². The minimum atomic E-state index is -1.36.